The lowest BCUT2D eigenvalue weighted by molar-refractivity contribution is -0.142. The van der Waals surface area contributed by atoms with Gasteiger partial charge in [0.2, 0.25) is 5.91 Å². The predicted molar refractivity (Wildman–Crippen MR) is 85.5 cm³/mol. The summed E-state index contributed by atoms with van der Waals surface area (Å²) < 4.78 is 27.0. The molecule has 1 rings (SSSR count). The zero-order valence-electron chi connectivity index (χ0n) is 12.7. The van der Waals surface area contributed by atoms with Crippen LogP contribution in [0, 0.1) is 0 Å². The third-order valence-corrected chi connectivity index (χ3v) is 4.31. The number of hydrogen-bond acceptors (Lipinski definition) is 5. The van der Waals surface area contributed by atoms with E-state index < -0.39 is 27.8 Å². The predicted octanol–water partition coefficient (Wildman–Crippen LogP) is 1.42. The molecule has 128 valence electrons. The average Bonchev–Trinajstić information content (AvgIpc) is 2.43. The maximum atomic E-state index is 11.8. The number of halogens is 1. The molecule has 0 spiro atoms. The summed E-state index contributed by atoms with van der Waals surface area (Å²) in [7, 11) is -1.73. The van der Waals surface area contributed by atoms with E-state index in [0.717, 1.165) is 6.26 Å². The summed E-state index contributed by atoms with van der Waals surface area (Å²) >= 11 is 5.95. The molecule has 1 atom stereocenters. The molecule has 0 aliphatic carbocycles. The first kappa shape index (κ1) is 19.2. The van der Waals surface area contributed by atoms with Gasteiger partial charge in [-0.3, -0.25) is 4.79 Å². The van der Waals surface area contributed by atoms with E-state index in [-0.39, 0.29) is 23.6 Å². The Bertz CT molecular complexity index is 689. The van der Waals surface area contributed by atoms with Crippen LogP contribution in [0.1, 0.15) is 24.4 Å². The van der Waals surface area contributed by atoms with Crippen molar-refractivity contribution in [3.63, 3.8) is 0 Å². The SMILES string of the molecule is COc1ccc(C(NC(=O)CCCS(C)(=O)=O)C(=O)O)cc1Cl. The number of carboxylic acid groups (broad SMARTS) is 1. The third kappa shape index (κ3) is 6.45. The van der Waals surface area contributed by atoms with Crippen molar-refractivity contribution in [2.45, 2.75) is 18.9 Å². The second-order valence-corrected chi connectivity index (χ2v) is 7.63. The van der Waals surface area contributed by atoms with Crippen LogP contribution in [-0.4, -0.2) is 44.5 Å². The molecule has 0 heterocycles. The van der Waals surface area contributed by atoms with Crippen molar-refractivity contribution in [1.82, 2.24) is 5.32 Å². The number of benzene rings is 1. The normalized spacial score (nSPS) is 12.5. The van der Waals surface area contributed by atoms with E-state index in [0.29, 0.717) is 11.3 Å². The maximum absolute atomic E-state index is 11.8. The number of carbonyl (C=O) groups excluding carboxylic acids is 1. The number of carboxylic acids is 1. The monoisotopic (exact) mass is 363 g/mol. The van der Waals surface area contributed by atoms with Gasteiger partial charge in [-0.05, 0) is 24.1 Å². The number of nitrogens with one attached hydrogen (secondary N) is 1. The van der Waals surface area contributed by atoms with Crippen LogP contribution in [0.3, 0.4) is 0 Å². The number of methoxy groups -OCH3 is 1. The number of aliphatic carboxylic acids is 1. The molecule has 1 aromatic carbocycles. The van der Waals surface area contributed by atoms with Crippen molar-refractivity contribution in [3.8, 4) is 5.75 Å². The molecule has 0 aliphatic heterocycles. The molecule has 1 unspecified atom stereocenters. The van der Waals surface area contributed by atoms with Gasteiger partial charge in [0.05, 0.1) is 17.9 Å². The van der Waals surface area contributed by atoms with E-state index in [1.165, 1.54) is 25.3 Å². The molecule has 0 fully saturated rings. The van der Waals surface area contributed by atoms with Crippen molar-refractivity contribution < 1.29 is 27.9 Å². The number of rotatable bonds is 8. The molecule has 0 saturated carbocycles. The first-order valence-electron chi connectivity index (χ1n) is 6.67. The van der Waals surface area contributed by atoms with Gasteiger partial charge in [-0.1, -0.05) is 17.7 Å². The molecule has 0 aliphatic rings. The average molecular weight is 364 g/mol. The van der Waals surface area contributed by atoms with Crippen LogP contribution in [0.15, 0.2) is 18.2 Å². The smallest absolute Gasteiger partial charge is 0.330 e. The maximum Gasteiger partial charge on any atom is 0.330 e. The Morgan fingerprint density at radius 1 is 1.39 bits per heavy atom. The zero-order chi connectivity index (χ0) is 17.6. The van der Waals surface area contributed by atoms with Gasteiger partial charge in [0.15, 0.2) is 6.04 Å². The summed E-state index contributed by atoms with van der Waals surface area (Å²) in [5.74, 6) is -1.54. The molecule has 1 aromatic rings. The summed E-state index contributed by atoms with van der Waals surface area (Å²) in [4.78, 5) is 23.1. The Kier molecular flexibility index (Phi) is 6.83. The van der Waals surface area contributed by atoms with Gasteiger partial charge in [0.25, 0.3) is 0 Å². The van der Waals surface area contributed by atoms with Crippen LogP contribution >= 0.6 is 11.6 Å². The number of sulfone groups is 1. The van der Waals surface area contributed by atoms with Gasteiger partial charge < -0.3 is 15.2 Å². The molecule has 0 saturated heterocycles. The molecule has 23 heavy (non-hydrogen) atoms. The standard InChI is InChI=1S/C14H18ClNO6S/c1-22-11-6-5-9(8-10(11)15)13(14(18)19)16-12(17)4-3-7-23(2,20)21/h5-6,8,13H,3-4,7H2,1-2H3,(H,16,17)(H,18,19). The highest BCUT2D eigenvalue weighted by atomic mass is 35.5. The van der Waals surface area contributed by atoms with E-state index >= 15 is 0 Å². The van der Waals surface area contributed by atoms with E-state index in [4.69, 9.17) is 16.3 Å². The molecule has 0 radical (unpaired) electrons. The van der Waals surface area contributed by atoms with Crippen LogP contribution in [0.5, 0.6) is 5.75 Å². The van der Waals surface area contributed by atoms with E-state index in [1.54, 1.807) is 0 Å². The quantitative estimate of drug-likeness (QED) is 0.722. The summed E-state index contributed by atoms with van der Waals surface area (Å²) in [5.41, 5.74) is 0.291. The summed E-state index contributed by atoms with van der Waals surface area (Å²) in [6.07, 6.45) is 1.12. The van der Waals surface area contributed by atoms with Gasteiger partial charge in [-0.25, -0.2) is 13.2 Å². The largest absolute Gasteiger partial charge is 0.495 e. The van der Waals surface area contributed by atoms with Crippen LogP contribution in [0.4, 0.5) is 0 Å². The van der Waals surface area contributed by atoms with Crippen LogP contribution in [0.2, 0.25) is 5.02 Å². The second-order valence-electron chi connectivity index (χ2n) is 4.97. The molecule has 1 amide bonds. The van der Waals surface area contributed by atoms with Crippen LogP contribution in [-0.2, 0) is 19.4 Å². The summed E-state index contributed by atoms with van der Waals surface area (Å²) in [5, 5.41) is 11.8. The van der Waals surface area contributed by atoms with E-state index in [1.807, 2.05) is 0 Å². The fraction of sp³-hybridized carbons (Fsp3) is 0.429. The zero-order valence-corrected chi connectivity index (χ0v) is 14.3. The Morgan fingerprint density at radius 3 is 2.52 bits per heavy atom. The third-order valence-electron chi connectivity index (χ3n) is 2.98. The molecular formula is C14H18ClNO6S. The summed E-state index contributed by atoms with van der Waals surface area (Å²) in [6.45, 7) is 0. The second kappa shape index (κ2) is 8.16. The number of hydrogen-bond donors (Lipinski definition) is 2. The first-order chi connectivity index (χ1) is 10.6. The fourth-order valence-electron chi connectivity index (χ4n) is 1.88. The Morgan fingerprint density at radius 2 is 2.04 bits per heavy atom. The topological polar surface area (TPSA) is 110 Å². The number of ether oxygens (including phenoxy) is 1. The lowest BCUT2D eigenvalue weighted by atomic mass is 10.1. The molecule has 2 N–H and O–H groups in total. The minimum absolute atomic E-state index is 0.0826. The van der Waals surface area contributed by atoms with Crippen molar-refractivity contribution in [2.75, 3.05) is 19.1 Å². The first-order valence-corrected chi connectivity index (χ1v) is 9.11. The molecule has 9 heteroatoms. The molecule has 7 nitrogen and oxygen atoms in total. The highest BCUT2D eigenvalue weighted by Gasteiger charge is 2.23. The van der Waals surface area contributed by atoms with Crippen molar-refractivity contribution >= 4 is 33.3 Å². The highest BCUT2D eigenvalue weighted by molar-refractivity contribution is 7.90. The molecular weight excluding hydrogens is 346 g/mol. The summed E-state index contributed by atoms with van der Waals surface area (Å²) in [6, 6.07) is 3.11. The van der Waals surface area contributed by atoms with Crippen molar-refractivity contribution in [2.24, 2.45) is 0 Å². The minimum Gasteiger partial charge on any atom is -0.495 e. The Labute approximate surface area is 139 Å². The van der Waals surface area contributed by atoms with Gasteiger partial charge in [-0.2, -0.15) is 0 Å². The van der Waals surface area contributed by atoms with Gasteiger partial charge in [0, 0.05) is 12.7 Å². The van der Waals surface area contributed by atoms with Gasteiger partial charge in [-0.15, -0.1) is 0 Å². The lowest BCUT2D eigenvalue weighted by Crippen LogP contribution is -2.33. The fourth-order valence-corrected chi connectivity index (χ4v) is 2.81. The lowest BCUT2D eigenvalue weighted by Gasteiger charge is -2.16. The van der Waals surface area contributed by atoms with Gasteiger partial charge >= 0.3 is 5.97 Å². The molecule has 0 bridgehead atoms. The van der Waals surface area contributed by atoms with Crippen LogP contribution < -0.4 is 10.1 Å². The van der Waals surface area contributed by atoms with E-state index in [9.17, 15) is 23.1 Å². The van der Waals surface area contributed by atoms with Crippen LogP contribution in [0.25, 0.3) is 0 Å². The van der Waals surface area contributed by atoms with Crippen molar-refractivity contribution in [3.05, 3.63) is 28.8 Å². The Hall–Kier alpha value is -1.80. The Balaban J connectivity index is 2.77. The minimum atomic E-state index is -3.16. The number of carbonyl (C=O) groups is 2. The van der Waals surface area contributed by atoms with Crippen molar-refractivity contribution in [1.29, 1.82) is 0 Å². The van der Waals surface area contributed by atoms with Gasteiger partial charge in [0.1, 0.15) is 15.6 Å². The van der Waals surface area contributed by atoms with E-state index in [2.05, 4.69) is 5.32 Å². The highest BCUT2D eigenvalue weighted by Crippen LogP contribution is 2.27. The molecule has 0 aromatic heterocycles. The number of amides is 1.